The number of alkyl halides is 6. The zero-order valence-corrected chi connectivity index (χ0v) is 17.3. The molecule has 17 heteroatoms. The quantitative estimate of drug-likeness (QED) is 0.149. The Morgan fingerprint density at radius 3 is 2.17 bits per heavy atom. The summed E-state index contributed by atoms with van der Waals surface area (Å²) in [6.07, 6.45) is -12.5. The maximum Gasteiger partial charge on any atom is 0.416 e. The number of guanidine groups is 2. The summed E-state index contributed by atoms with van der Waals surface area (Å²) in [7, 11) is 0. The number of ether oxygens (including phenoxy) is 1. The summed E-state index contributed by atoms with van der Waals surface area (Å²) in [6, 6.07) is -2.12. The third kappa shape index (κ3) is 3.69. The van der Waals surface area contributed by atoms with Gasteiger partial charge in [-0.15, -0.1) is 0 Å². The fraction of sp³-hybridized carbons (Fsp3) is 0.500. The van der Waals surface area contributed by atoms with Crippen LogP contribution in [0.15, 0.2) is 18.2 Å². The van der Waals surface area contributed by atoms with Gasteiger partial charge < -0.3 is 40.9 Å². The standard InChI is InChI=1S/C18H18F6N6O5/c19-17(20,21)7-1-6(2-8(3-7)18(22,23)24)12(32)35-10-4-30-14(26)27-9(5-31)11-15(30,16(10,33)34)29-13(25)28-11/h1-3,9-11,31,33-34H,4-5H2,(H2,26,27)(H3,25,28,29)/t9-,10-,11?,15-/m0/s1. The van der Waals surface area contributed by atoms with Crippen molar-refractivity contribution < 1.29 is 51.2 Å². The average Bonchev–Trinajstić information content (AvgIpc) is 3.21. The van der Waals surface area contributed by atoms with E-state index in [1.54, 1.807) is 0 Å². The predicted molar refractivity (Wildman–Crippen MR) is 102 cm³/mol. The molecule has 1 aromatic rings. The molecule has 3 saturated heterocycles. The number of nitrogens with one attached hydrogen (secondary N) is 5. The maximum absolute atomic E-state index is 13.1. The molecular weight excluding hydrogens is 494 g/mol. The lowest BCUT2D eigenvalue weighted by atomic mass is 9.85. The van der Waals surface area contributed by atoms with E-state index in [1.807, 2.05) is 0 Å². The number of carbonyl (C=O) groups is 1. The van der Waals surface area contributed by atoms with Crippen molar-refractivity contribution in [3.63, 3.8) is 0 Å². The Balaban J connectivity index is 1.70. The highest BCUT2D eigenvalue weighted by atomic mass is 19.4. The van der Waals surface area contributed by atoms with Gasteiger partial charge in [0.05, 0.1) is 41.9 Å². The van der Waals surface area contributed by atoms with E-state index < -0.39 is 89.7 Å². The number of aliphatic hydroxyl groups is 3. The van der Waals surface area contributed by atoms with Crippen molar-refractivity contribution in [2.75, 3.05) is 13.2 Å². The van der Waals surface area contributed by atoms with Gasteiger partial charge in [-0.3, -0.25) is 10.8 Å². The second kappa shape index (κ2) is 7.59. The van der Waals surface area contributed by atoms with E-state index in [0.29, 0.717) is 0 Å². The molecule has 8 N–H and O–H groups in total. The molecule has 0 amide bonds. The normalized spacial score (nSPS) is 29.6. The molecule has 0 bridgehead atoms. The van der Waals surface area contributed by atoms with E-state index in [1.165, 1.54) is 0 Å². The summed E-state index contributed by atoms with van der Waals surface area (Å²) >= 11 is 0. The Morgan fingerprint density at radius 1 is 1.09 bits per heavy atom. The van der Waals surface area contributed by atoms with Crippen LogP contribution in [0.25, 0.3) is 0 Å². The van der Waals surface area contributed by atoms with Gasteiger partial charge in [0.15, 0.2) is 23.7 Å². The Bertz CT molecular complexity index is 1060. The third-order valence-corrected chi connectivity index (χ3v) is 6.11. The van der Waals surface area contributed by atoms with Crippen molar-refractivity contribution in [2.24, 2.45) is 0 Å². The first-order chi connectivity index (χ1) is 16.0. The summed E-state index contributed by atoms with van der Waals surface area (Å²) in [5.41, 5.74) is -6.83. The predicted octanol–water partition coefficient (Wildman–Crippen LogP) is -0.663. The van der Waals surface area contributed by atoms with E-state index in [4.69, 9.17) is 15.6 Å². The maximum atomic E-state index is 13.1. The number of hydrogen-bond acceptors (Lipinski definition) is 7. The van der Waals surface area contributed by atoms with Gasteiger partial charge >= 0.3 is 18.3 Å². The number of carbonyl (C=O) groups excluding carboxylic acids is 1. The highest BCUT2D eigenvalue weighted by Crippen LogP contribution is 2.44. The van der Waals surface area contributed by atoms with Gasteiger partial charge in [-0.2, -0.15) is 26.3 Å². The first kappa shape index (κ1) is 24.8. The van der Waals surface area contributed by atoms with Crippen LogP contribution in [0.1, 0.15) is 21.5 Å². The number of rotatable bonds is 3. The molecule has 0 aromatic heterocycles. The van der Waals surface area contributed by atoms with E-state index in [-0.39, 0.29) is 18.2 Å². The molecule has 0 radical (unpaired) electrons. The lowest BCUT2D eigenvalue weighted by molar-refractivity contribution is -0.258. The summed E-state index contributed by atoms with van der Waals surface area (Å²) < 4.78 is 83.7. The van der Waals surface area contributed by atoms with Gasteiger partial charge in [-0.25, -0.2) is 4.79 Å². The highest BCUT2D eigenvalue weighted by Gasteiger charge is 2.75. The molecule has 4 atom stereocenters. The van der Waals surface area contributed by atoms with Crippen molar-refractivity contribution in [3.8, 4) is 0 Å². The molecular formula is C18H18F6N6O5. The SMILES string of the molecule is N=C1NC2[C@H](CO)NC(=N)N3C[C@H](OC(=O)c4cc(C(F)(F)F)cc(C(F)(F)F)c4)C(O)(O)[C@]23N1. The van der Waals surface area contributed by atoms with E-state index >= 15 is 0 Å². The van der Waals surface area contributed by atoms with E-state index in [0.717, 1.165) is 4.90 Å². The van der Waals surface area contributed by atoms with E-state index in [2.05, 4.69) is 16.0 Å². The number of nitrogens with zero attached hydrogens (tertiary/aromatic N) is 1. The van der Waals surface area contributed by atoms with Crippen LogP contribution in [0.4, 0.5) is 26.3 Å². The van der Waals surface area contributed by atoms with Crippen LogP contribution >= 0.6 is 0 Å². The molecule has 0 saturated carbocycles. The summed E-state index contributed by atoms with van der Waals surface area (Å²) in [6.45, 7) is -1.28. The van der Waals surface area contributed by atoms with Gasteiger partial charge in [0.1, 0.15) is 0 Å². The molecule has 11 nitrogen and oxygen atoms in total. The van der Waals surface area contributed by atoms with Gasteiger partial charge in [0.25, 0.3) is 0 Å². The highest BCUT2D eigenvalue weighted by molar-refractivity contribution is 5.91. The van der Waals surface area contributed by atoms with Crippen molar-refractivity contribution in [1.29, 1.82) is 10.8 Å². The lowest BCUT2D eigenvalue weighted by Gasteiger charge is -2.50. The van der Waals surface area contributed by atoms with Crippen molar-refractivity contribution in [1.82, 2.24) is 20.9 Å². The number of benzene rings is 1. The minimum atomic E-state index is -5.23. The van der Waals surface area contributed by atoms with Crippen molar-refractivity contribution in [2.45, 2.75) is 42.0 Å². The number of halogens is 6. The first-order valence-corrected chi connectivity index (χ1v) is 9.84. The smallest absolute Gasteiger partial charge is 0.416 e. The van der Waals surface area contributed by atoms with Crippen LogP contribution in [-0.4, -0.2) is 80.9 Å². The number of esters is 1. The molecule has 1 spiro atoms. The molecule has 35 heavy (non-hydrogen) atoms. The zero-order valence-electron chi connectivity index (χ0n) is 17.3. The van der Waals surface area contributed by atoms with Gasteiger partial charge in [-0.05, 0) is 18.2 Å². The second-order valence-electron chi connectivity index (χ2n) is 8.20. The molecule has 1 unspecified atom stereocenters. The van der Waals surface area contributed by atoms with Crippen LogP contribution in [0, 0.1) is 10.8 Å². The molecule has 3 aliphatic heterocycles. The Kier molecular flexibility index (Phi) is 5.38. The van der Waals surface area contributed by atoms with Gasteiger partial charge in [-0.1, -0.05) is 0 Å². The van der Waals surface area contributed by atoms with Crippen LogP contribution in [0.3, 0.4) is 0 Å². The summed E-state index contributed by atoms with van der Waals surface area (Å²) in [5, 5.41) is 55.1. The molecule has 3 fully saturated rings. The van der Waals surface area contributed by atoms with Crippen LogP contribution in [0.2, 0.25) is 0 Å². The molecule has 3 heterocycles. The van der Waals surface area contributed by atoms with Crippen LogP contribution in [0.5, 0.6) is 0 Å². The molecule has 4 rings (SSSR count). The van der Waals surface area contributed by atoms with E-state index in [9.17, 15) is 46.5 Å². The Hall–Kier alpha value is -3.31. The minimum absolute atomic E-state index is 0.133. The van der Waals surface area contributed by atoms with Crippen LogP contribution in [-0.2, 0) is 17.1 Å². The average molecular weight is 512 g/mol. The largest absolute Gasteiger partial charge is 0.451 e. The number of hydrogen-bond donors (Lipinski definition) is 8. The van der Waals surface area contributed by atoms with Crippen LogP contribution < -0.4 is 16.0 Å². The summed E-state index contributed by atoms with van der Waals surface area (Å²) in [5.74, 6) is -5.76. The lowest BCUT2D eigenvalue weighted by Crippen LogP contribution is -2.80. The fourth-order valence-corrected chi connectivity index (χ4v) is 4.54. The minimum Gasteiger partial charge on any atom is -0.451 e. The summed E-state index contributed by atoms with van der Waals surface area (Å²) in [4.78, 5) is 13.6. The van der Waals surface area contributed by atoms with Crippen molar-refractivity contribution >= 4 is 17.9 Å². The molecule has 0 aliphatic carbocycles. The van der Waals surface area contributed by atoms with Crippen molar-refractivity contribution in [3.05, 3.63) is 34.9 Å². The fourth-order valence-electron chi connectivity index (χ4n) is 4.54. The molecule has 1 aromatic carbocycles. The first-order valence-electron chi connectivity index (χ1n) is 9.84. The topological polar surface area (TPSA) is 174 Å². The second-order valence-corrected chi connectivity index (χ2v) is 8.20. The van der Waals surface area contributed by atoms with Gasteiger partial charge in [0.2, 0.25) is 5.79 Å². The Morgan fingerprint density at radius 2 is 1.66 bits per heavy atom. The Labute approximate surface area is 191 Å². The number of aliphatic hydroxyl groups excluding tert-OH is 1. The zero-order chi connectivity index (χ0) is 26.1. The molecule has 192 valence electrons. The van der Waals surface area contributed by atoms with Gasteiger partial charge in [0, 0.05) is 0 Å². The molecule has 3 aliphatic rings. The monoisotopic (exact) mass is 512 g/mol. The third-order valence-electron chi connectivity index (χ3n) is 6.11.